The summed E-state index contributed by atoms with van der Waals surface area (Å²) in [6.45, 7) is 5.71. The molecule has 0 aliphatic rings. The van der Waals surface area contributed by atoms with Crippen molar-refractivity contribution in [2.45, 2.75) is 33.6 Å². The summed E-state index contributed by atoms with van der Waals surface area (Å²) in [6.07, 6.45) is 1.86. The van der Waals surface area contributed by atoms with Gasteiger partial charge in [0.05, 0.1) is 13.2 Å². The van der Waals surface area contributed by atoms with E-state index in [1.165, 1.54) is 6.92 Å². The number of carbonyl (C=O) groups is 1. The van der Waals surface area contributed by atoms with Gasteiger partial charge in [0.2, 0.25) is 0 Å². The van der Waals surface area contributed by atoms with E-state index in [0.717, 1.165) is 12.8 Å². The van der Waals surface area contributed by atoms with Crippen LogP contribution in [0.5, 0.6) is 0 Å². The Labute approximate surface area is 73.7 Å². The van der Waals surface area contributed by atoms with Crippen molar-refractivity contribution in [1.29, 1.82) is 0 Å². The van der Waals surface area contributed by atoms with Crippen molar-refractivity contribution in [3.8, 4) is 0 Å². The van der Waals surface area contributed by atoms with Crippen LogP contribution in [0, 0.1) is 5.41 Å². The normalized spacial score (nSPS) is 15.3. The van der Waals surface area contributed by atoms with Crippen LogP contribution in [0.4, 0.5) is 0 Å². The highest BCUT2D eigenvalue weighted by atomic mass is 16.5. The maximum Gasteiger partial charge on any atom is 0.302 e. The monoisotopic (exact) mass is 174 g/mol. The SMILES string of the molecule is CCCC(C)(CO)COC(C)=O. The molecule has 0 radical (unpaired) electrons. The molecule has 1 atom stereocenters. The van der Waals surface area contributed by atoms with E-state index in [1.807, 2.05) is 13.8 Å². The Kier molecular flexibility index (Phi) is 4.90. The Morgan fingerprint density at radius 1 is 1.58 bits per heavy atom. The molecule has 0 aromatic rings. The average molecular weight is 174 g/mol. The summed E-state index contributed by atoms with van der Waals surface area (Å²) in [4.78, 5) is 10.5. The van der Waals surface area contributed by atoms with E-state index in [4.69, 9.17) is 9.84 Å². The second kappa shape index (κ2) is 5.14. The molecule has 3 nitrogen and oxygen atoms in total. The first-order valence-corrected chi connectivity index (χ1v) is 4.28. The lowest BCUT2D eigenvalue weighted by Gasteiger charge is -2.25. The van der Waals surface area contributed by atoms with E-state index in [0.29, 0.717) is 6.61 Å². The smallest absolute Gasteiger partial charge is 0.302 e. The molecule has 0 aromatic heterocycles. The van der Waals surface area contributed by atoms with Crippen LogP contribution in [0.3, 0.4) is 0 Å². The van der Waals surface area contributed by atoms with Crippen LogP contribution < -0.4 is 0 Å². The predicted octanol–water partition coefficient (Wildman–Crippen LogP) is 1.35. The number of ether oxygens (including phenoxy) is 1. The third-order valence-electron chi connectivity index (χ3n) is 1.86. The molecule has 0 fully saturated rings. The van der Waals surface area contributed by atoms with Gasteiger partial charge in [-0.3, -0.25) is 4.79 Å². The highest BCUT2D eigenvalue weighted by Gasteiger charge is 2.23. The molecule has 0 aromatic carbocycles. The Hall–Kier alpha value is -0.570. The second-order valence-electron chi connectivity index (χ2n) is 3.50. The van der Waals surface area contributed by atoms with Crippen LogP contribution in [0.1, 0.15) is 33.6 Å². The van der Waals surface area contributed by atoms with Gasteiger partial charge in [-0.05, 0) is 6.42 Å². The molecule has 0 saturated carbocycles. The van der Waals surface area contributed by atoms with E-state index >= 15 is 0 Å². The Morgan fingerprint density at radius 3 is 2.50 bits per heavy atom. The van der Waals surface area contributed by atoms with Gasteiger partial charge in [0.25, 0.3) is 0 Å². The molecule has 72 valence electrons. The molecular formula is C9H18O3. The molecule has 3 heteroatoms. The van der Waals surface area contributed by atoms with Gasteiger partial charge in [-0.2, -0.15) is 0 Å². The molecule has 0 aliphatic heterocycles. The summed E-state index contributed by atoms with van der Waals surface area (Å²) in [5, 5.41) is 9.04. The van der Waals surface area contributed by atoms with E-state index in [2.05, 4.69) is 0 Å². The highest BCUT2D eigenvalue weighted by Crippen LogP contribution is 2.22. The fourth-order valence-electron chi connectivity index (χ4n) is 1.08. The van der Waals surface area contributed by atoms with Crippen LogP contribution in [-0.4, -0.2) is 24.3 Å². The largest absolute Gasteiger partial charge is 0.465 e. The summed E-state index contributed by atoms with van der Waals surface area (Å²) < 4.78 is 4.85. The minimum absolute atomic E-state index is 0.0636. The number of esters is 1. The van der Waals surface area contributed by atoms with Gasteiger partial charge in [-0.1, -0.05) is 20.3 Å². The van der Waals surface area contributed by atoms with Crippen LogP contribution in [0.25, 0.3) is 0 Å². The molecular weight excluding hydrogens is 156 g/mol. The number of hydrogen-bond acceptors (Lipinski definition) is 3. The topological polar surface area (TPSA) is 46.5 Å². The van der Waals surface area contributed by atoms with Crippen molar-refractivity contribution in [3.63, 3.8) is 0 Å². The number of aliphatic hydroxyl groups excluding tert-OH is 1. The van der Waals surface area contributed by atoms with Crippen molar-refractivity contribution < 1.29 is 14.6 Å². The molecule has 0 heterocycles. The van der Waals surface area contributed by atoms with Crippen molar-refractivity contribution in [2.24, 2.45) is 5.41 Å². The quantitative estimate of drug-likeness (QED) is 0.640. The summed E-state index contributed by atoms with van der Waals surface area (Å²) >= 11 is 0. The van der Waals surface area contributed by atoms with Gasteiger partial charge in [0.15, 0.2) is 0 Å². The lowest BCUT2D eigenvalue weighted by molar-refractivity contribution is -0.145. The summed E-state index contributed by atoms with van der Waals surface area (Å²) in [7, 11) is 0. The van der Waals surface area contributed by atoms with Gasteiger partial charge in [-0.25, -0.2) is 0 Å². The molecule has 1 unspecified atom stereocenters. The molecule has 1 N–H and O–H groups in total. The van der Waals surface area contributed by atoms with Crippen LogP contribution >= 0.6 is 0 Å². The molecule has 0 saturated heterocycles. The van der Waals surface area contributed by atoms with Crippen molar-refractivity contribution in [2.75, 3.05) is 13.2 Å². The Morgan fingerprint density at radius 2 is 2.17 bits per heavy atom. The Bertz CT molecular complexity index is 145. The van der Waals surface area contributed by atoms with Gasteiger partial charge in [0, 0.05) is 12.3 Å². The second-order valence-corrected chi connectivity index (χ2v) is 3.50. The fraction of sp³-hybridized carbons (Fsp3) is 0.889. The van der Waals surface area contributed by atoms with E-state index < -0.39 is 0 Å². The number of aliphatic hydroxyl groups is 1. The number of rotatable bonds is 5. The number of hydrogen-bond donors (Lipinski definition) is 1. The lowest BCUT2D eigenvalue weighted by atomic mass is 9.88. The third-order valence-corrected chi connectivity index (χ3v) is 1.86. The van der Waals surface area contributed by atoms with E-state index in [1.54, 1.807) is 0 Å². The van der Waals surface area contributed by atoms with E-state index in [9.17, 15) is 4.79 Å². The molecule has 0 spiro atoms. The summed E-state index contributed by atoms with van der Waals surface area (Å²) in [5.41, 5.74) is -0.263. The maximum atomic E-state index is 10.5. The van der Waals surface area contributed by atoms with Crippen LogP contribution in [-0.2, 0) is 9.53 Å². The van der Waals surface area contributed by atoms with Gasteiger partial charge in [-0.15, -0.1) is 0 Å². The minimum Gasteiger partial charge on any atom is -0.465 e. The predicted molar refractivity (Wildman–Crippen MR) is 46.7 cm³/mol. The minimum atomic E-state index is -0.286. The standard InChI is InChI=1S/C9H18O3/c1-4-5-9(3,6-10)7-12-8(2)11/h10H,4-7H2,1-3H3. The van der Waals surface area contributed by atoms with Crippen LogP contribution in [0.15, 0.2) is 0 Å². The number of carbonyl (C=O) groups excluding carboxylic acids is 1. The van der Waals surface area contributed by atoms with Crippen molar-refractivity contribution in [3.05, 3.63) is 0 Å². The summed E-state index contributed by atoms with van der Waals surface area (Å²) in [5.74, 6) is -0.286. The fourth-order valence-corrected chi connectivity index (χ4v) is 1.08. The van der Waals surface area contributed by atoms with E-state index in [-0.39, 0.29) is 18.0 Å². The highest BCUT2D eigenvalue weighted by molar-refractivity contribution is 5.65. The van der Waals surface area contributed by atoms with Gasteiger partial charge >= 0.3 is 5.97 Å². The zero-order valence-electron chi connectivity index (χ0n) is 8.09. The average Bonchev–Trinajstić information content (AvgIpc) is 2.02. The van der Waals surface area contributed by atoms with Gasteiger partial charge in [0.1, 0.15) is 0 Å². The third kappa shape index (κ3) is 4.34. The first-order valence-electron chi connectivity index (χ1n) is 4.28. The Balaban J connectivity index is 3.86. The van der Waals surface area contributed by atoms with Crippen molar-refractivity contribution in [1.82, 2.24) is 0 Å². The van der Waals surface area contributed by atoms with Gasteiger partial charge < -0.3 is 9.84 Å². The summed E-state index contributed by atoms with van der Waals surface area (Å²) in [6, 6.07) is 0. The zero-order chi connectivity index (χ0) is 9.61. The molecule has 0 aliphatic carbocycles. The maximum absolute atomic E-state index is 10.5. The first-order chi connectivity index (χ1) is 5.54. The van der Waals surface area contributed by atoms with Crippen molar-refractivity contribution >= 4 is 5.97 Å². The van der Waals surface area contributed by atoms with Crippen LogP contribution in [0.2, 0.25) is 0 Å². The lowest BCUT2D eigenvalue weighted by Crippen LogP contribution is -2.28. The molecule has 0 amide bonds. The molecule has 0 rings (SSSR count). The molecule has 12 heavy (non-hydrogen) atoms. The molecule has 0 bridgehead atoms. The first kappa shape index (κ1) is 11.4. The zero-order valence-corrected chi connectivity index (χ0v) is 8.09.